The molecule has 2 aliphatic rings. The van der Waals surface area contributed by atoms with Crippen LogP contribution in [-0.4, -0.2) is 66.9 Å². The zero-order chi connectivity index (χ0) is 24.0. The van der Waals surface area contributed by atoms with Crippen molar-refractivity contribution in [2.75, 3.05) is 38.9 Å². The first kappa shape index (κ1) is 23.8. The second-order valence-electron chi connectivity index (χ2n) is 7.97. The number of anilines is 1. The lowest BCUT2D eigenvalue weighted by molar-refractivity contribution is -0.159. The number of ether oxygens (including phenoxy) is 2. The highest BCUT2D eigenvalue weighted by molar-refractivity contribution is 6.27. The smallest absolute Gasteiger partial charge is 0.414 e. The van der Waals surface area contributed by atoms with Crippen molar-refractivity contribution in [3.05, 3.63) is 59.7 Å². The third kappa shape index (κ3) is 6.33. The van der Waals surface area contributed by atoms with Crippen molar-refractivity contribution in [3.8, 4) is 11.5 Å². The molecule has 0 radical (unpaired) electrons. The van der Waals surface area contributed by atoms with Crippen LogP contribution in [0.2, 0.25) is 0 Å². The van der Waals surface area contributed by atoms with Gasteiger partial charge in [0.15, 0.2) is 11.5 Å². The van der Waals surface area contributed by atoms with E-state index >= 15 is 0 Å². The summed E-state index contributed by atoms with van der Waals surface area (Å²) in [5.41, 5.74) is 3.18. The van der Waals surface area contributed by atoms with Gasteiger partial charge in [-0.3, -0.25) is 4.79 Å². The molecule has 4 rings (SSSR count). The summed E-state index contributed by atoms with van der Waals surface area (Å²) >= 11 is 0. The van der Waals surface area contributed by atoms with Gasteiger partial charge in [-0.25, -0.2) is 9.59 Å². The lowest BCUT2D eigenvalue weighted by Crippen LogP contribution is -2.42. The van der Waals surface area contributed by atoms with Crippen LogP contribution in [0.3, 0.4) is 0 Å². The van der Waals surface area contributed by atoms with Crippen LogP contribution in [0.4, 0.5) is 5.69 Å². The third-order valence-electron chi connectivity index (χ3n) is 5.12. The van der Waals surface area contributed by atoms with E-state index in [1.165, 1.54) is 5.56 Å². The first-order valence-corrected chi connectivity index (χ1v) is 10.3. The number of aliphatic carboxylic acids is 2. The maximum atomic E-state index is 13.0. The van der Waals surface area contributed by atoms with Gasteiger partial charge in [0, 0.05) is 24.9 Å². The van der Waals surface area contributed by atoms with Gasteiger partial charge in [-0.15, -0.1) is 0 Å². The molecule has 174 valence electrons. The van der Waals surface area contributed by atoms with Crippen LogP contribution in [0.1, 0.15) is 11.1 Å². The number of hydrogen-bond donors (Lipinski definition) is 2. The minimum Gasteiger partial charge on any atom is -0.473 e. The van der Waals surface area contributed by atoms with Gasteiger partial charge in [0.05, 0.1) is 0 Å². The van der Waals surface area contributed by atoms with E-state index in [9.17, 15) is 4.79 Å². The number of carboxylic acid groups (broad SMARTS) is 2. The molecule has 0 aliphatic carbocycles. The Hall–Kier alpha value is -3.85. The summed E-state index contributed by atoms with van der Waals surface area (Å²) in [5, 5.41) is 14.8. The summed E-state index contributed by atoms with van der Waals surface area (Å²) in [4.78, 5) is 35.3. The van der Waals surface area contributed by atoms with E-state index in [0.717, 1.165) is 42.3 Å². The lowest BCUT2D eigenvalue weighted by atomic mass is 9.92. The molecule has 1 atom stereocenters. The summed E-state index contributed by atoms with van der Waals surface area (Å²) in [6, 6.07) is 13.9. The molecule has 0 aromatic heterocycles. The van der Waals surface area contributed by atoms with Gasteiger partial charge in [0.1, 0.15) is 0 Å². The molecular formula is C24H26N2O7. The van der Waals surface area contributed by atoms with Gasteiger partial charge < -0.3 is 29.5 Å². The van der Waals surface area contributed by atoms with Crippen molar-refractivity contribution in [1.82, 2.24) is 4.90 Å². The highest BCUT2D eigenvalue weighted by Gasteiger charge is 2.27. The Labute approximate surface area is 191 Å². The second-order valence-corrected chi connectivity index (χ2v) is 7.97. The molecule has 33 heavy (non-hydrogen) atoms. The van der Waals surface area contributed by atoms with Crippen molar-refractivity contribution in [1.29, 1.82) is 0 Å². The predicted octanol–water partition coefficient (Wildman–Crippen LogP) is 2.35. The third-order valence-corrected chi connectivity index (χ3v) is 5.12. The molecular weight excluding hydrogens is 428 g/mol. The fourth-order valence-electron chi connectivity index (χ4n) is 3.80. The molecule has 0 bridgehead atoms. The summed E-state index contributed by atoms with van der Waals surface area (Å²) in [6.07, 6.45) is 4.48. The first-order chi connectivity index (χ1) is 15.7. The molecule has 0 saturated carbocycles. The first-order valence-electron chi connectivity index (χ1n) is 10.3. The Morgan fingerprint density at radius 3 is 2.45 bits per heavy atom. The van der Waals surface area contributed by atoms with Crippen LogP contribution in [0.25, 0.3) is 6.08 Å². The minimum atomic E-state index is -1.82. The average molecular weight is 454 g/mol. The van der Waals surface area contributed by atoms with E-state index in [1.807, 2.05) is 47.4 Å². The van der Waals surface area contributed by atoms with E-state index < -0.39 is 11.9 Å². The summed E-state index contributed by atoms with van der Waals surface area (Å²) in [5.74, 6) is -1.75. The van der Waals surface area contributed by atoms with Gasteiger partial charge in [-0.1, -0.05) is 24.3 Å². The van der Waals surface area contributed by atoms with Crippen molar-refractivity contribution < 1.29 is 34.1 Å². The number of para-hydroxylation sites is 1. The van der Waals surface area contributed by atoms with Crippen LogP contribution in [-0.2, 0) is 20.8 Å². The zero-order valence-electron chi connectivity index (χ0n) is 18.4. The zero-order valence-corrected chi connectivity index (χ0v) is 18.4. The maximum absolute atomic E-state index is 13.0. The highest BCUT2D eigenvalue weighted by Crippen LogP contribution is 2.33. The summed E-state index contributed by atoms with van der Waals surface area (Å²) in [6.45, 7) is 1.95. The van der Waals surface area contributed by atoms with Gasteiger partial charge in [0.25, 0.3) is 5.91 Å². The van der Waals surface area contributed by atoms with Crippen molar-refractivity contribution >= 4 is 29.6 Å². The number of rotatable bonds is 4. The number of nitrogens with zero attached hydrogens (tertiary/aromatic N) is 2. The topological polar surface area (TPSA) is 117 Å². The van der Waals surface area contributed by atoms with Crippen LogP contribution < -0.4 is 14.4 Å². The van der Waals surface area contributed by atoms with Crippen LogP contribution in [0.5, 0.6) is 11.5 Å². The Morgan fingerprint density at radius 1 is 1.06 bits per heavy atom. The van der Waals surface area contributed by atoms with Gasteiger partial charge in [-0.05, 0) is 61.8 Å². The number of carboxylic acids is 2. The molecule has 0 spiro atoms. The number of carbonyl (C=O) groups excluding carboxylic acids is 1. The van der Waals surface area contributed by atoms with Gasteiger partial charge >= 0.3 is 11.9 Å². The molecule has 1 amide bonds. The Kier molecular flexibility index (Phi) is 7.68. The molecule has 2 aliphatic heterocycles. The Morgan fingerprint density at radius 2 is 1.76 bits per heavy atom. The molecule has 2 heterocycles. The summed E-state index contributed by atoms with van der Waals surface area (Å²) < 4.78 is 10.7. The van der Waals surface area contributed by atoms with E-state index in [0.29, 0.717) is 5.92 Å². The number of amides is 1. The summed E-state index contributed by atoms with van der Waals surface area (Å²) in [7, 11) is 4.15. The van der Waals surface area contributed by atoms with Gasteiger partial charge in [0.2, 0.25) is 6.79 Å². The maximum Gasteiger partial charge on any atom is 0.414 e. The van der Waals surface area contributed by atoms with Gasteiger partial charge in [-0.2, -0.15) is 0 Å². The molecule has 1 unspecified atom stereocenters. The Bertz CT molecular complexity index is 1050. The highest BCUT2D eigenvalue weighted by atomic mass is 16.7. The van der Waals surface area contributed by atoms with Crippen molar-refractivity contribution in [3.63, 3.8) is 0 Å². The van der Waals surface area contributed by atoms with E-state index in [-0.39, 0.29) is 12.7 Å². The van der Waals surface area contributed by atoms with Crippen molar-refractivity contribution in [2.24, 2.45) is 5.92 Å². The largest absolute Gasteiger partial charge is 0.473 e. The predicted molar refractivity (Wildman–Crippen MR) is 121 cm³/mol. The molecule has 9 heteroatoms. The fraction of sp³-hybridized carbons (Fsp3) is 0.292. The molecule has 2 aromatic rings. The standard InChI is InChI=1S/C22H24N2O3.C2H2O4/c1-23(2)13-17-11-18-5-3-4-6-19(18)24(14-17)22(25)10-8-16-7-9-20-21(12-16)27-15-26-20;3-1(4)2(5)6/h3-10,12,17H,11,13-15H2,1-2H3;(H,3,4)(H,5,6)/b10-8+;. The number of carbonyl (C=O) groups is 3. The van der Waals surface area contributed by atoms with E-state index in [2.05, 4.69) is 25.1 Å². The van der Waals surface area contributed by atoms with Crippen LogP contribution >= 0.6 is 0 Å². The minimum absolute atomic E-state index is 0.00331. The molecule has 0 fully saturated rings. The lowest BCUT2D eigenvalue weighted by Gasteiger charge is -2.35. The second kappa shape index (κ2) is 10.6. The monoisotopic (exact) mass is 454 g/mol. The van der Waals surface area contributed by atoms with Crippen LogP contribution in [0, 0.1) is 5.92 Å². The molecule has 0 saturated heterocycles. The normalized spacial score (nSPS) is 16.2. The number of fused-ring (bicyclic) bond motifs is 2. The van der Waals surface area contributed by atoms with E-state index in [1.54, 1.807) is 6.08 Å². The Balaban J connectivity index is 0.000000454. The van der Waals surface area contributed by atoms with Crippen LogP contribution in [0.15, 0.2) is 48.5 Å². The molecule has 9 nitrogen and oxygen atoms in total. The fourth-order valence-corrected chi connectivity index (χ4v) is 3.80. The quantitative estimate of drug-likeness (QED) is 0.534. The number of hydrogen-bond acceptors (Lipinski definition) is 6. The molecule has 2 N–H and O–H groups in total. The molecule has 2 aromatic carbocycles. The SMILES string of the molecule is CN(C)CC1Cc2ccccc2N(C(=O)/C=C/c2ccc3c(c2)OCO3)C1.O=C(O)C(=O)O. The number of benzene rings is 2. The average Bonchev–Trinajstić information content (AvgIpc) is 3.24. The van der Waals surface area contributed by atoms with Crippen molar-refractivity contribution in [2.45, 2.75) is 6.42 Å². The van der Waals surface area contributed by atoms with E-state index in [4.69, 9.17) is 29.3 Å².